The van der Waals surface area contributed by atoms with Crippen LogP contribution in [0.3, 0.4) is 0 Å². The predicted octanol–water partition coefficient (Wildman–Crippen LogP) is 5.05. The first kappa shape index (κ1) is 23.1. The molecule has 0 fully saturated rings. The number of rotatable bonds is 12. The molecule has 0 amide bonds. The molecule has 0 aliphatic heterocycles. The molecule has 25 heavy (non-hydrogen) atoms. The third-order valence-corrected chi connectivity index (χ3v) is 3.53. The minimum atomic E-state index is -1.47. The summed E-state index contributed by atoms with van der Waals surface area (Å²) in [5, 5.41) is 0. The highest BCUT2D eigenvalue weighted by molar-refractivity contribution is 5.89. The van der Waals surface area contributed by atoms with Gasteiger partial charge in [-0.05, 0) is 12.8 Å². The highest BCUT2D eigenvalue weighted by atomic mass is 16.8. The van der Waals surface area contributed by atoms with E-state index in [2.05, 4.69) is 28.1 Å². The number of carbonyl (C=O) groups is 4. The molecule has 7 heteroatoms. The van der Waals surface area contributed by atoms with Gasteiger partial charge in [-0.3, -0.25) is 9.59 Å². The van der Waals surface area contributed by atoms with Crippen LogP contribution in [0.2, 0.25) is 0 Å². The highest BCUT2D eigenvalue weighted by Crippen LogP contribution is 2.07. The summed E-state index contributed by atoms with van der Waals surface area (Å²) in [6.45, 7) is 4.17. The molecule has 0 aliphatic rings. The summed E-state index contributed by atoms with van der Waals surface area (Å²) < 4.78 is 12.8. The maximum absolute atomic E-state index is 11.4. The molecule has 7 nitrogen and oxygen atoms in total. The summed E-state index contributed by atoms with van der Waals surface area (Å²) in [4.78, 5) is 45.2. The average Bonchev–Trinajstić information content (AvgIpc) is 2.54. The van der Waals surface area contributed by atoms with Crippen LogP contribution in [0.1, 0.15) is 90.9 Å². The fraction of sp³-hybridized carbons (Fsp3) is 0.778. The quantitative estimate of drug-likeness (QED) is 0.273. The number of hydrogen-bond donors (Lipinski definition) is 0. The Bertz CT molecular complexity index is 380. The van der Waals surface area contributed by atoms with Crippen molar-refractivity contribution in [3.63, 3.8) is 0 Å². The summed E-state index contributed by atoms with van der Waals surface area (Å²) in [5.41, 5.74) is 0. The van der Waals surface area contributed by atoms with Gasteiger partial charge in [0.2, 0.25) is 0 Å². The molecule has 0 aliphatic carbocycles. The Morgan fingerprint density at radius 1 is 0.520 bits per heavy atom. The third-order valence-electron chi connectivity index (χ3n) is 3.53. The van der Waals surface area contributed by atoms with E-state index in [-0.39, 0.29) is 12.8 Å². The smallest absolute Gasteiger partial charge is 0.360 e. The maximum atomic E-state index is 11.4. The molecule has 0 bridgehead atoms. The summed E-state index contributed by atoms with van der Waals surface area (Å²) in [6.07, 6.45) is 6.55. The largest absolute Gasteiger partial charge is 0.526 e. The van der Waals surface area contributed by atoms with E-state index in [1.165, 1.54) is 0 Å². The van der Waals surface area contributed by atoms with E-state index in [0.29, 0.717) is 12.8 Å². The Kier molecular flexibility index (Phi) is 14.4. The van der Waals surface area contributed by atoms with Gasteiger partial charge in [0.05, 0.1) is 0 Å². The van der Waals surface area contributed by atoms with E-state index < -0.39 is 24.2 Å². The van der Waals surface area contributed by atoms with Crippen molar-refractivity contribution in [3.05, 3.63) is 0 Å². The van der Waals surface area contributed by atoms with Crippen molar-refractivity contribution in [1.29, 1.82) is 0 Å². The molecule has 0 aromatic heterocycles. The summed E-state index contributed by atoms with van der Waals surface area (Å²) in [5.74, 6) is -1.53. The normalized spacial score (nSPS) is 10.2. The standard InChI is InChI=1S/C18H30O7/c1-3-5-7-9-11-13-15(19)23-17(21)25-18(22)24-16(20)14-12-10-8-6-4-2/h3-14H2,1-2H3. The minimum Gasteiger partial charge on any atom is -0.360 e. The van der Waals surface area contributed by atoms with Gasteiger partial charge in [0.25, 0.3) is 0 Å². The van der Waals surface area contributed by atoms with Crippen LogP contribution in [-0.4, -0.2) is 24.2 Å². The van der Waals surface area contributed by atoms with E-state index in [1.807, 2.05) is 0 Å². The second kappa shape index (κ2) is 15.6. The molecule has 0 saturated heterocycles. The Morgan fingerprint density at radius 3 is 1.24 bits per heavy atom. The van der Waals surface area contributed by atoms with Gasteiger partial charge in [-0.25, -0.2) is 9.59 Å². The molecule has 0 N–H and O–H groups in total. The third kappa shape index (κ3) is 15.4. The first-order chi connectivity index (χ1) is 12.0. The van der Waals surface area contributed by atoms with Crippen molar-refractivity contribution in [2.45, 2.75) is 90.9 Å². The zero-order chi connectivity index (χ0) is 18.9. The maximum Gasteiger partial charge on any atom is 0.526 e. The summed E-state index contributed by atoms with van der Waals surface area (Å²) in [7, 11) is 0. The van der Waals surface area contributed by atoms with Gasteiger partial charge < -0.3 is 14.2 Å². The van der Waals surface area contributed by atoms with Gasteiger partial charge in [-0.2, -0.15) is 0 Å². The predicted molar refractivity (Wildman–Crippen MR) is 90.8 cm³/mol. The molecule has 0 saturated carbocycles. The molecule has 0 aromatic rings. The second-order valence-electron chi connectivity index (χ2n) is 5.88. The summed E-state index contributed by atoms with van der Waals surface area (Å²) >= 11 is 0. The molecule has 0 radical (unpaired) electrons. The average molecular weight is 358 g/mol. The van der Waals surface area contributed by atoms with Crippen molar-refractivity contribution >= 4 is 24.2 Å². The van der Waals surface area contributed by atoms with Crippen LogP contribution in [-0.2, 0) is 23.8 Å². The van der Waals surface area contributed by atoms with Gasteiger partial charge in [0, 0.05) is 12.8 Å². The van der Waals surface area contributed by atoms with E-state index in [9.17, 15) is 19.2 Å². The number of hydrogen-bond acceptors (Lipinski definition) is 7. The summed E-state index contributed by atoms with van der Waals surface area (Å²) in [6, 6.07) is 0. The molecule has 0 rings (SSSR count). The Labute approximate surface area is 149 Å². The minimum absolute atomic E-state index is 0.0740. The molecule has 0 atom stereocenters. The Morgan fingerprint density at radius 2 is 0.880 bits per heavy atom. The Balaban J connectivity index is 3.77. The first-order valence-corrected chi connectivity index (χ1v) is 9.16. The van der Waals surface area contributed by atoms with E-state index in [1.54, 1.807) is 0 Å². The second-order valence-corrected chi connectivity index (χ2v) is 5.88. The van der Waals surface area contributed by atoms with E-state index in [0.717, 1.165) is 51.4 Å². The SMILES string of the molecule is CCCCCCCC(=O)OC(=O)OC(=O)OC(=O)CCCCCCC. The highest BCUT2D eigenvalue weighted by Gasteiger charge is 2.19. The lowest BCUT2D eigenvalue weighted by atomic mass is 10.1. The Hall–Kier alpha value is -1.92. The monoisotopic (exact) mass is 358 g/mol. The molecule has 0 spiro atoms. The van der Waals surface area contributed by atoms with Gasteiger partial charge in [0.15, 0.2) is 0 Å². The van der Waals surface area contributed by atoms with Crippen molar-refractivity contribution < 1.29 is 33.4 Å². The van der Waals surface area contributed by atoms with Crippen LogP contribution in [0.25, 0.3) is 0 Å². The van der Waals surface area contributed by atoms with Crippen molar-refractivity contribution in [2.24, 2.45) is 0 Å². The molecule has 144 valence electrons. The van der Waals surface area contributed by atoms with Crippen molar-refractivity contribution in [3.8, 4) is 0 Å². The zero-order valence-electron chi connectivity index (χ0n) is 15.3. The molecular formula is C18H30O7. The fourth-order valence-electron chi connectivity index (χ4n) is 2.14. The number of carbonyl (C=O) groups excluding carboxylic acids is 4. The molecule has 0 unspecified atom stereocenters. The van der Waals surface area contributed by atoms with Gasteiger partial charge in [-0.15, -0.1) is 0 Å². The number of esters is 2. The van der Waals surface area contributed by atoms with Crippen LogP contribution in [0.15, 0.2) is 0 Å². The molecule has 0 aromatic carbocycles. The van der Waals surface area contributed by atoms with Crippen LogP contribution >= 0.6 is 0 Å². The van der Waals surface area contributed by atoms with E-state index in [4.69, 9.17) is 0 Å². The lowest BCUT2D eigenvalue weighted by Gasteiger charge is -2.04. The van der Waals surface area contributed by atoms with Crippen LogP contribution in [0.4, 0.5) is 9.59 Å². The van der Waals surface area contributed by atoms with Crippen LogP contribution in [0, 0.1) is 0 Å². The van der Waals surface area contributed by atoms with Gasteiger partial charge in [0.1, 0.15) is 0 Å². The van der Waals surface area contributed by atoms with E-state index >= 15 is 0 Å². The molecule has 0 heterocycles. The van der Waals surface area contributed by atoms with Crippen molar-refractivity contribution in [2.75, 3.05) is 0 Å². The topological polar surface area (TPSA) is 96.0 Å². The van der Waals surface area contributed by atoms with Crippen molar-refractivity contribution in [1.82, 2.24) is 0 Å². The van der Waals surface area contributed by atoms with Gasteiger partial charge in [-0.1, -0.05) is 65.2 Å². The number of ether oxygens (including phenoxy) is 3. The lowest BCUT2D eigenvalue weighted by Crippen LogP contribution is -2.20. The fourth-order valence-corrected chi connectivity index (χ4v) is 2.14. The zero-order valence-corrected chi connectivity index (χ0v) is 15.3. The van der Waals surface area contributed by atoms with Gasteiger partial charge >= 0.3 is 24.2 Å². The molecular weight excluding hydrogens is 328 g/mol. The van der Waals surface area contributed by atoms with Crippen LogP contribution < -0.4 is 0 Å². The first-order valence-electron chi connectivity index (χ1n) is 9.16. The number of unbranched alkanes of at least 4 members (excludes halogenated alkanes) is 8. The van der Waals surface area contributed by atoms with Crippen LogP contribution in [0.5, 0.6) is 0 Å². The lowest BCUT2D eigenvalue weighted by molar-refractivity contribution is -0.141.